The SMILES string of the molecule is C=C(CC1CO1)CC1CO1.OCCO. The van der Waals surface area contributed by atoms with Crippen molar-refractivity contribution >= 4 is 0 Å². The molecule has 0 amide bonds. The summed E-state index contributed by atoms with van der Waals surface area (Å²) in [5.74, 6) is 0. The average molecular weight is 202 g/mol. The summed E-state index contributed by atoms with van der Waals surface area (Å²) in [7, 11) is 0. The summed E-state index contributed by atoms with van der Waals surface area (Å²) in [6, 6.07) is 0. The van der Waals surface area contributed by atoms with E-state index in [0.29, 0.717) is 12.2 Å². The van der Waals surface area contributed by atoms with Crippen LogP contribution in [0.15, 0.2) is 12.2 Å². The molecule has 2 aliphatic rings. The Bertz CT molecular complexity index is 155. The van der Waals surface area contributed by atoms with E-state index < -0.39 is 0 Å². The fourth-order valence-corrected chi connectivity index (χ4v) is 1.10. The number of hydrogen-bond acceptors (Lipinski definition) is 4. The summed E-state index contributed by atoms with van der Waals surface area (Å²) < 4.78 is 10.2. The first-order valence-corrected chi connectivity index (χ1v) is 4.87. The highest BCUT2D eigenvalue weighted by molar-refractivity contribution is 5.02. The van der Waals surface area contributed by atoms with Crippen LogP contribution in [0, 0.1) is 0 Å². The topological polar surface area (TPSA) is 65.5 Å². The second-order valence-corrected chi connectivity index (χ2v) is 3.52. The van der Waals surface area contributed by atoms with Crippen molar-refractivity contribution in [2.75, 3.05) is 26.4 Å². The Hall–Kier alpha value is -0.420. The van der Waals surface area contributed by atoms with E-state index in [1.54, 1.807) is 0 Å². The first-order valence-electron chi connectivity index (χ1n) is 4.87. The predicted molar refractivity (Wildman–Crippen MR) is 52.0 cm³/mol. The average Bonchev–Trinajstić information content (AvgIpc) is 3.01. The van der Waals surface area contributed by atoms with Gasteiger partial charge in [0.1, 0.15) is 0 Å². The number of epoxide rings is 2. The normalized spacial score (nSPS) is 27.6. The van der Waals surface area contributed by atoms with Crippen molar-refractivity contribution in [2.24, 2.45) is 0 Å². The van der Waals surface area contributed by atoms with Gasteiger partial charge in [-0.3, -0.25) is 0 Å². The summed E-state index contributed by atoms with van der Waals surface area (Å²) in [5, 5.41) is 15.2. The molecular weight excluding hydrogens is 184 g/mol. The Labute approximate surface area is 84.1 Å². The molecule has 0 spiro atoms. The van der Waals surface area contributed by atoms with E-state index >= 15 is 0 Å². The van der Waals surface area contributed by atoms with E-state index in [4.69, 9.17) is 19.7 Å². The molecule has 2 atom stereocenters. The molecular formula is C10H18O4. The number of hydrogen-bond donors (Lipinski definition) is 2. The number of aliphatic hydroxyl groups excluding tert-OH is 2. The van der Waals surface area contributed by atoms with E-state index in [2.05, 4.69) is 6.58 Å². The van der Waals surface area contributed by atoms with Crippen molar-refractivity contribution in [1.82, 2.24) is 0 Å². The quantitative estimate of drug-likeness (QED) is 0.490. The molecule has 2 unspecified atom stereocenters. The van der Waals surface area contributed by atoms with Gasteiger partial charge in [0.15, 0.2) is 0 Å². The number of aliphatic hydroxyl groups is 2. The molecule has 2 N–H and O–H groups in total. The summed E-state index contributed by atoms with van der Waals surface area (Å²) in [6.07, 6.45) is 3.07. The van der Waals surface area contributed by atoms with Gasteiger partial charge in [-0.1, -0.05) is 12.2 Å². The van der Waals surface area contributed by atoms with E-state index in [0.717, 1.165) is 26.1 Å². The van der Waals surface area contributed by atoms with E-state index in [-0.39, 0.29) is 13.2 Å². The summed E-state index contributed by atoms with van der Waals surface area (Å²) in [5.41, 5.74) is 1.28. The standard InChI is InChI=1S/C8H12O2.C2H6O2/c1-6(2-7-4-9-7)3-8-5-10-8;3-1-2-4/h7-8H,1-5H2;3-4H,1-2H2. The Kier molecular flexibility index (Phi) is 5.11. The van der Waals surface area contributed by atoms with Gasteiger partial charge in [-0.05, 0) is 12.8 Å². The van der Waals surface area contributed by atoms with Gasteiger partial charge < -0.3 is 19.7 Å². The fraction of sp³-hybridized carbons (Fsp3) is 0.800. The zero-order valence-corrected chi connectivity index (χ0v) is 8.32. The molecule has 4 nitrogen and oxygen atoms in total. The van der Waals surface area contributed by atoms with Gasteiger partial charge in [0.2, 0.25) is 0 Å². The summed E-state index contributed by atoms with van der Waals surface area (Å²) >= 11 is 0. The van der Waals surface area contributed by atoms with Gasteiger partial charge in [0, 0.05) is 0 Å². The first kappa shape index (κ1) is 11.7. The molecule has 2 aliphatic heterocycles. The maximum Gasteiger partial charge on any atom is 0.0846 e. The lowest BCUT2D eigenvalue weighted by atomic mass is 10.1. The van der Waals surface area contributed by atoms with Crippen LogP contribution < -0.4 is 0 Å². The van der Waals surface area contributed by atoms with Crippen molar-refractivity contribution in [3.63, 3.8) is 0 Å². The second-order valence-electron chi connectivity index (χ2n) is 3.52. The van der Waals surface area contributed by atoms with E-state index in [9.17, 15) is 0 Å². The minimum Gasteiger partial charge on any atom is -0.394 e. The van der Waals surface area contributed by atoms with Gasteiger partial charge in [0.25, 0.3) is 0 Å². The monoisotopic (exact) mass is 202 g/mol. The lowest BCUT2D eigenvalue weighted by Gasteiger charge is -1.97. The zero-order valence-electron chi connectivity index (χ0n) is 8.32. The Morgan fingerprint density at radius 3 is 1.64 bits per heavy atom. The van der Waals surface area contributed by atoms with Crippen LogP contribution in [0.3, 0.4) is 0 Å². The minimum atomic E-state index is -0.125. The van der Waals surface area contributed by atoms with Crippen LogP contribution in [-0.4, -0.2) is 48.8 Å². The maximum atomic E-state index is 7.62. The predicted octanol–water partition coefficient (Wildman–Crippen LogP) is 0.0914. The third kappa shape index (κ3) is 6.10. The third-order valence-electron chi connectivity index (χ3n) is 1.94. The van der Waals surface area contributed by atoms with Crippen LogP contribution in [0.1, 0.15) is 12.8 Å². The van der Waals surface area contributed by atoms with E-state index in [1.165, 1.54) is 5.57 Å². The smallest absolute Gasteiger partial charge is 0.0846 e. The van der Waals surface area contributed by atoms with Crippen molar-refractivity contribution in [2.45, 2.75) is 25.0 Å². The van der Waals surface area contributed by atoms with Gasteiger partial charge >= 0.3 is 0 Å². The molecule has 0 aromatic carbocycles. The Morgan fingerprint density at radius 1 is 1.07 bits per heavy atom. The minimum absolute atomic E-state index is 0.125. The molecule has 2 rings (SSSR count). The molecule has 0 radical (unpaired) electrons. The van der Waals surface area contributed by atoms with Crippen LogP contribution in [0.4, 0.5) is 0 Å². The highest BCUT2D eigenvalue weighted by Gasteiger charge is 2.27. The molecule has 82 valence electrons. The molecule has 0 saturated carbocycles. The van der Waals surface area contributed by atoms with Crippen LogP contribution in [0.25, 0.3) is 0 Å². The Morgan fingerprint density at radius 2 is 1.43 bits per heavy atom. The van der Waals surface area contributed by atoms with Gasteiger partial charge in [0.05, 0.1) is 38.6 Å². The molecule has 2 saturated heterocycles. The molecule has 4 heteroatoms. The molecule has 14 heavy (non-hydrogen) atoms. The maximum absolute atomic E-state index is 7.62. The number of rotatable bonds is 5. The van der Waals surface area contributed by atoms with Gasteiger partial charge in [-0.25, -0.2) is 0 Å². The van der Waals surface area contributed by atoms with Crippen molar-refractivity contribution < 1.29 is 19.7 Å². The zero-order chi connectivity index (χ0) is 10.4. The van der Waals surface area contributed by atoms with Crippen molar-refractivity contribution in [3.8, 4) is 0 Å². The van der Waals surface area contributed by atoms with E-state index in [1.807, 2.05) is 0 Å². The van der Waals surface area contributed by atoms with Crippen molar-refractivity contribution in [1.29, 1.82) is 0 Å². The highest BCUT2D eigenvalue weighted by Crippen LogP contribution is 2.25. The Balaban J connectivity index is 0.000000213. The lowest BCUT2D eigenvalue weighted by molar-refractivity contribution is 0.186. The van der Waals surface area contributed by atoms with Crippen molar-refractivity contribution in [3.05, 3.63) is 12.2 Å². The molecule has 2 fully saturated rings. The third-order valence-corrected chi connectivity index (χ3v) is 1.94. The largest absolute Gasteiger partial charge is 0.394 e. The van der Waals surface area contributed by atoms with Gasteiger partial charge in [-0.15, -0.1) is 0 Å². The molecule has 0 aromatic heterocycles. The second kappa shape index (κ2) is 6.14. The van der Waals surface area contributed by atoms with Gasteiger partial charge in [-0.2, -0.15) is 0 Å². The van der Waals surface area contributed by atoms with Crippen LogP contribution >= 0.6 is 0 Å². The summed E-state index contributed by atoms with van der Waals surface area (Å²) in [4.78, 5) is 0. The highest BCUT2D eigenvalue weighted by atomic mass is 16.6. The first-order chi connectivity index (χ1) is 6.76. The van der Waals surface area contributed by atoms with Crippen LogP contribution in [0.2, 0.25) is 0 Å². The molecule has 2 heterocycles. The molecule has 0 aliphatic carbocycles. The summed E-state index contributed by atoms with van der Waals surface area (Å²) in [6.45, 7) is 5.58. The number of ether oxygens (including phenoxy) is 2. The lowest BCUT2D eigenvalue weighted by Crippen LogP contribution is -1.93. The molecule has 0 bridgehead atoms. The molecule has 0 aromatic rings. The van der Waals surface area contributed by atoms with Crippen LogP contribution in [-0.2, 0) is 9.47 Å². The van der Waals surface area contributed by atoms with Crippen LogP contribution in [0.5, 0.6) is 0 Å². The fourth-order valence-electron chi connectivity index (χ4n) is 1.10.